The van der Waals surface area contributed by atoms with E-state index in [-0.39, 0.29) is 0 Å². The zero-order valence-corrected chi connectivity index (χ0v) is 11.0. The zero-order valence-electron chi connectivity index (χ0n) is 11.0. The summed E-state index contributed by atoms with van der Waals surface area (Å²) in [6, 6.07) is 1.47. The van der Waals surface area contributed by atoms with Gasteiger partial charge in [0, 0.05) is 37.7 Å². The van der Waals surface area contributed by atoms with Crippen molar-refractivity contribution in [1.29, 1.82) is 0 Å². The van der Waals surface area contributed by atoms with Gasteiger partial charge in [-0.3, -0.25) is 0 Å². The van der Waals surface area contributed by atoms with Gasteiger partial charge in [-0.15, -0.1) is 0 Å². The molecule has 1 unspecified atom stereocenters. The van der Waals surface area contributed by atoms with Gasteiger partial charge in [-0.2, -0.15) is 0 Å². The molecule has 2 heterocycles. The Morgan fingerprint density at radius 3 is 2.82 bits per heavy atom. The number of nitrogens with one attached hydrogen (secondary N) is 1. The summed E-state index contributed by atoms with van der Waals surface area (Å²) in [6.07, 6.45) is 6.99. The predicted octanol–water partition coefficient (Wildman–Crippen LogP) is 1.49. The van der Waals surface area contributed by atoms with Crippen LogP contribution in [0.25, 0.3) is 0 Å². The molecule has 1 N–H and O–H groups in total. The summed E-state index contributed by atoms with van der Waals surface area (Å²) in [4.78, 5) is 2.61. The summed E-state index contributed by atoms with van der Waals surface area (Å²) in [5, 5.41) is 3.75. The van der Waals surface area contributed by atoms with Crippen molar-refractivity contribution in [2.75, 3.05) is 33.4 Å². The third-order valence-electron chi connectivity index (χ3n) is 5.10. The highest BCUT2D eigenvalue weighted by atomic mass is 16.5. The molecule has 0 radical (unpaired) electrons. The fourth-order valence-corrected chi connectivity index (χ4v) is 4.26. The van der Waals surface area contributed by atoms with Gasteiger partial charge in [0.2, 0.25) is 0 Å². The lowest BCUT2D eigenvalue weighted by Gasteiger charge is -2.41. The molecule has 3 heteroatoms. The fraction of sp³-hybridized carbons (Fsp3) is 1.00. The fourth-order valence-electron chi connectivity index (χ4n) is 4.26. The van der Waals surface area contributed by atoms with Crippen molar-refractivity contribution < 1.29 is 4.74 Å². The average molecular weight is 238 g/mol. The van der Waals surface area contributed by atoms with Gasteiger partial charge in [0.1, 0.15) is 0 Å². The van der Waals surface area contributed by atoms with Crippen molar-refractivity contribution in [1.82, 2.24) is 10.2 Å². The van der Waals surface area contributed by atoms with E-state index in [0.717, 1.165) is 37.6 Å². The van der Waals surface area contributed by atoms with Crippen LogP contribution in [0, 0.1) is 11.8 Å². The van der Waals surface area contributed by atoms with E-state index in [2.05, 4.69) is 17.3 Å². The number of likely N-dealkylation sites (N-methyl/N-ethyl adjacent to an activating group) is 1. The van der Waals surface area contributed by atoms with Crippen LogP contribution in [0.15, 0.2) is 0 Å². The normalized spacial score (nSPS) is 41.1. The van der Waals surface area contributed by atoms with Gasteiger partial charge < -0.3 is 15.0 Å². The molecule has 0 bridgehead atoms. The van der Waals surface area contributed by atoms with Gasteiger partial charge in [0.25, 0.3) is 0 Å². The maximum atomic E-state index is 5.77. The molecule has 3 fully saturated rings. The number of nitrogens with zero attached hydrogens (tertiary/aromatic N) is 1. The molecule has 3 nitrogen and oxygen atoms in total. The largest absolute Gasteiger partial charge is 0.381 e. The van der Waals surface area contributed by atoms with Crippen LogP contribution in [0.4, 0.5) is 0 Å². The van der Waals surface area contributed by atoms with E-state index in [9.17, 15) is 0 Å². The van der Waals surface area contributed by atoms with E-state index in [0.29, 0.717) is 6.04 Å². The third kappa shape index (κ3) is 2.38. The SMILES string of the molecule is CN1CCNC2CCOC[C@H]2[C@@H]1C1CCCC1. The monoisotopic (exact) mass is 238 g/mol. The topological polar surface area (TPSA) is 24.5 Å². The molecule has 2 aliphatic heterocycles. The summed E-state index contributed by atoms with van der Waals surface area (Å²) < 4.78 is 5.77. The molecule has 0 aromatic rings. The first-order valence-electron chi connectivity index (χ1n) is 7.37. The highest BCUT2D eigenvalue weighted by Crippen LogP contribution is 2.36. The average Bonchev–Trinajstić information content (AvgIpc) is 2.80. The molecule has 2 saturated heterocycles. The predicted molar refractivity (Wildman–Crippen MR) is 69.1 cm³/mol. The maximum absolute atomic E-state index is 5.77. The van der Waals surface area contributed by atoms with Gasteiger partial charge in [0.05, 0.1) is 6.61 Å². The summed E-state index contributed by atoms with van der Waals surface area (Å²) in [7, 11) is 2.32. The maximum Gasteiger partial charge on any atom is 0.0524 e. The second-order valence-electron chi connectivity index (χ2n) is 6.10. The van der Waals surface area contributed by atoms with Crippen LogP contribution in [-0.2, 0) is 4.74 Å². The first-order valence-corrected chi connectivity index (χ1v) is 7.37. The summed E-state index contributed by atoms with van der Waals surface area (Å²) in [5.41, 5.74) is 0. The van der Waals surface area contributed by atoms with Crippen molar-refractivity contribution in [3.05, 3.63) is 0 Å². The summed E-state index contributed by atoms with van der Waals surface area (Å²) in [6.45, 7) is 4.29. The van der Waals surface area contributed by atoms with E-state index < -0.39 is 0 Å². The second kappa shape index (κ2) is 5.25. The van der Waals surface area contributed by atoms with E-state index in [1.54, 1.807) is 0 Å². The molecule has 0 aromatic heterocycles. The Bertz CT molecular complexity index is 253. The van der Waals surface area contributed by atoms with Gasteiger partial charge >= 0.3 is 0 Å². The molecule has 0 amide bonds. The molecule has 98 valence electrons. The zero-order chi connectivity index (χ0) is 11.7. The van der Waals surface area contributed by atoms with Gasteiger partial charge in [-0.25, -0.2) is 0 Å². The van der Waals surface area contributed by atoms with Crippen molar-refractivity contribution in [2.24, 2.45) is 11.8 Å². The van der Waals surface area contributed by atoms with E-state index in [4.69, 9.17) is 4.74 Å². The minimum Gasteiger partial charge on any atom is -0.381 e. The molecular weight excluding hydrogens is 212 g/mol. The molecule has 0 spiro atoms. The van der Waals surface area contributed by atoms with Crippen LogP contribution < -0.4 is 5.32 Å². The number of hydrogen-bond donors (Lipinski definition) is 1. The van der Waals surface area contributed by atoms with E-state index in [1.807, 2.05) is 0 Å². The van der Waals surface area contributed by atoms with Crippen LogP contribution >= 0.6 is 0 Å². The molecule has 0 aromatic carbocycles. The lowest BCUT2D eigenvalue weighted by molar-refractivity contribution is -0.00902. The van der Waals surface area contributed by atoms with Gasteiger partial charge in [-0.1, -0.05) is 12.8 Å². The first-order chi connectivity index (χ1) is 8.36. The summed E-state index contributed by atoms with van der Waals surface area (Å²) >= 11 is 0. The Labute approximate surface area is 105 Å². The lowest BCUT2D eigenvalue weighted by atomic mass is 9.80. The number of ether oxygens (including phenoxy) is 1. The smallest absolute Gasteiger partial charge is 0.0524 e. The minimum atomic E-state index is 0.708. The second-order valence-corrected chi connectivity index (χ2v) is 6.10. The third-order valence-corrected chi connectivity index (χ3v) is 5.10. The lowest BCUT2D eigenvalue weighted by Crippen LogP contribution is -2.51. The van der Waals surface area contributed by atoms with Crippen molar-refractivity contribution in [3.63, 3.8) is 0 Å². The van der Waals surface area contributed by atoms with Crippen LogP contribution in [0.3, 0.4) is 0 Å². The van der Waals surface area contributed by atoms with Crippen LogP contribution in [0.2, 0.25) is 0 Å². The highest BCUT2D eigenvalue weighted by Gasteiger charge is 2.41. The van der Waals surface area contributed by atoms with Gasteiger partial charge in [0.15, 0.2) is 0 Å². The Morgan fingerprint density at radius 1 is 1.18 bits per heavy atom. The van der Waals surface area contributed by atoms with E-state index >= 15 is 0 Å². The van der Waals surface area contributed by atoms with Crippen molar-refractivity contribution in [2.45, 2.75) is 44.2 Å². The van der Waals surface area contributed by atoms with E-state index in [1.165, 1.54) is 38.6 Å². The molecule has 3 aliphatic rings. The Balaban J connectivity index is 1.78. The standard InChI is InChI=1S/C14H26N2O/c1-16-8-7-15-13-6-9-17-10-12(13)14(16)11-4-2-3-5-11/h11-15H,2-10H2,1H3/t12-,13?,14+/m1/s1. The van der Waals surface area contributed by atoms with Gasteiger partial charge in [-0.05, 0) is 32.2 Å². The molecular formula is C14H26N2O. The Hall–Kier alpha value is -0.120. The van der Waals surface area contributed by atoms with Crippen LogP contribution in [0.5, 0.6) is 0 Å². The quantitative estimate of drug-likeness (QED) is 0.749. The summed E-state index contributed by atoms with van der Waals surface area (Å²) in [5.74, 6) is 1.65. The Kier molecular flexibility index (Phi) is 3.69. The Morgan fingerprint density at radius 2 is 2.00 bits per heavy atom. The van der Waals surface area contributed by atoms with Crippen molar-refractivity contribution >= 4 is 0 Å². The van der Waals surface area contributed by atoms with Crippen LogP contribution in [-0.4, -0.2) is 50.3 Å². The molecule has 17 heavy (non-hydrogen) atoms. The molecule has 1 aliphatic carbocycles. The number of fused-ring (bicyclic) bond motifs is 1. The molecule has 1 saturated carbocycles. The highest BCUT2D eigenvalue weighted by molar-refractivity contribution is 4.96. The molecule has 3 atom stereocenters. The van der Waals surface area contributed by atoms with Crippen molar-refractivity contribution in [3.8, 4) is 0 Å². The first kappa shape index (κ1) is 11.9. The number of hydrogen-bond acceptors (Lipinski definition) is 3. The number of rotatable bonds is 1. The van der Waals surface area contributed by atoms with Crippen LogP contribution in [0.1, 0.15) is 32.1 Å². The molecule has 3 rings (SSSR count). The minimum absolute atomic E-state index is 0.708.